The zero-order valence-electron chi connectivity index (χ0n) is 10.4. The average Bonchev–Trinajstić information content (AvgIpc) is 2.37. The zero-order chi connectivity index (χ0) is 13.0. The van der Waals surface area contributed by atoms with Crippen molar-refractivity contribution in [3.05, 3.63) is 69.7 Å². The van der Waals surface area contributed by atoms with Crippen LogP contribution in [0.3, 0.4) is 0 Å². The predicted molar refractivity (Wildman–Crippen MR) is 82.5 cm³/mol. The Morgan fingerprint density at radius 2 is 1.83 bits per heavy atom. The van der Waals surface area contributed by atoms with Crippen LogP contribution >= 0.6 is 27.5 Å². The highest BCUT2D eigenvalue weighted by molar-refractivity contribution is 9.10. The van der Waals surface area contributed by atoms with E-state index in [1.165, 1.54) is 16.7 Å². The molecule has 0 aromatic heterocycles. The van der Waals surface area contributed by atoms with E-state index in [4.69, 9.17) is 11.6 Å². The summed E-state index contributed by atoms with van der Waals surface area (Å²) in [5.74, 6) is 1.02. The maximum Gasteiger partial charge on any atom is 0.0295 e. The lowest BCUT2D eigenvalue weighted by Crippen LogP contribution is -2.04. The van der Waals surface area contributed by atoms with Gasteiger partial charge in [-0.05, 0) is 36.6 Å². The number of hydrogen-bond acceptors (Lipinski definition) is 0. The fourth-order valence-corrected chi connectivity index (χ4v) is 2.67. The normalized spacial score (nSPS) is 12.4. The Morgan fingerprint density at radius 1 is 1.11 bits per heavy atom. The van der Waals surface area contributed by atoms with Gasteiger partial charge in [0.15, 0.2) is 0 Å². The van der Waals surface area contributed by atoms with Crippen molar-refractivity contribution in [3.8, 4) is 0 Å². The molecule has 2 rings (SSSR count). The molecule has 0 amide bonds. The highest BCUT2D eigenvalue weighted by atomic mass is 79.9. The van der Waals surface area contributed by atoms with Crippen LogP contribution in [0, 0.1) is 6.92 Å². The first kappa shape index (κ1) is 13.6. The van der Waals surface area contributed by atoms with Crippen molar-refractivity contribution >= 4 is 27.5 Å². The smallest absolute Gasteiger partial charge is 0.0295 e. The minimum Gasteiger partial charge on any atom is -0.126 e. The largest absolute Gasteiger partial charge is 0.126 e. The lowest BCUT2D eigenvalue weighted by Gasteiger charge is -2.15. The van der Waals surface area contributed by atoms with Gasteiger partial charge in [0.05, 0.1) is 0 Å². The van der Waals surface area contributed by atoms with E-state index in [1.807, 2.05) is 0 Å². The highest BCUT2D eigenvalue weighted by Crippen LogP contribution is 2.24. The molecular weight excluding hydrogens is 308 g/mol. The Kier molecular flexibility index (Phi) is 4.85. The van der Waals surface area contributed by atoms with Crippen LogP contribution in [-0.2, 0) is 6.42 Å². The third-order valence-electron chi connectivity index (χ3n) is 3.09. The quantitative estimate of drug-likeness (QED) is 0.668. The van der Waals surface area contributed by atoms with Crippen LogP contribution in [0.2, 0.25) is 0 Å². The number of halogens is 2. The molecular formula is C16H16BrCl. The van der Waals surface area contributed by atoms with Gasteiger partial charge in [0.1, 0.15) is 0 Å². The molecule has 0 bridgehead atoms. The van der Waals surface area contributed by atoms with Crippen LogP contribution in [0.5, 0.6) is 0 Å². The molecule has 0 fully saturated rings. The van der Waals surface area contributed by atoms with Crippen molar-refractivity contribution in [1.29, 1.82) is 0 Å². The maximum atomic E-state index is 6.12. The lowest BCUT2D eigenvalue weighted by molar-refractivity contribution is 0.765. The second-order valence-corrected chi connectivity index (χ2v) is 5.82. The Morgan fingerprint density at radius 3 is 2.44 bits per heavy atom. The van der Waals surface area contributed by atoms with Gasteiger partial charge in [-0.3, -0.25) is 0 Å². The van der Waals surface area contributed by atoms with Gasteiger partial charge in [-0.25, -0.2) is 0 Å². The van der Waals surface area contributed by atoms with Gasteiger partial charge in [0.2, 0.25) is 0 Å². The van der Waals surface area contributed by atoms with Crippen molar-refractivity contribution in [1.82, 2.24) is 0 Å². The van der Waals surface area contributed by atoms with E-state index >= 15 is 0 Å². The fraction of sp³-hybridized carbons (Fsp3) is 0.250. The van der Waals surface area contributed by atoms with Crippen LogP contribution in [0.15, 0.2) is 53.0 Å². The van der Waals surface area contributed by atoms with Crippen molar-refractivity contribution in [2.24, 2.45) is 0 Å². The van der Waals surface area contributed by atoms with Crippen LogP contribution < -0.4 is 0 Å². The van der Waals surface area contributed by atoms with E-state index in [1.54, 1.807) is 0 Å². The molecule has 0 spiro atoms. The summed E-state index contributed by atoms with van der Waals surface area (Å²) in [4.78, 5) is 0. The van der Waals surface area contributed by atoms with Gasteiger partial charge in [0.25, 0.3) is 0 Å². The van der Waals surface area contributed by atoms with E-state index < -0.39 is 0 Å². The molecule has 1 atom stereocenters. The molecule has 1 unspecified atom stereocenters. The van der Waals surface area contributed by atoms with Crippen LogP contribution in [0.4, 0.5) is 0 Å². The Balaban J connectivity index is 2.17. The van der Waals surface area contributed by atoms with Gasteiger partial charge < -0.3 is 0 Å². The zero-order valence-corrected chi connectivity index (χ0v) is 12.7. The number of hydrogen-bond donors (Lipinski definition) is 0. The second kappa shape index (κ2) is 6.40. The number of rotatable bonds is 4. The molecule has 0 nitrogen and oxygen atoms in total. The molecule has 2 aromatic rings. The molecule has 0 N–H and O–H groups in total. The summed E-state index contributed by atoms with van der Waals surface area (Å²) in [5.41, 5.74) is 3.95. The first-order chi connectivity index (χ1) is 8.69. The molecule has 0 aliphatic carbocycles. The van der Waals surface area contributed by atoms with E-state index in [2.05, 4.69) is 71.4 Å². The predicted octanol–water partition coefficient (Wildman–Crippen LogP) is 5.32. The standard InChI is InChI=1S/C16H16BrCl/c1-12-3-2-4-13(9-12)10-15(11-18)14-5-7-16(17)8-6-14/h2-9,15H,10-11H2,1H3. The molecule has 0 aliphatic rings. The fourth-order valence-electron chi connectivity index (χ4n) is 2.12. The Hall–Kier alpha value is -0.790. The molecule has 0 heterocycles. The summed E-state index contributed by atoms with van der Waals surface area (Å²) in [5, 5.41) is 0. The Bertz CT molecular complexity index is 505. The van der Waals surface area contributed by atoms with Crippen LogP contribution in [0.1, 0.15) is 22.6 Å². The first-order valence-corrected chi connectivity index (χ1v) is 7.39. The summed E-state index contributed by atoms with van der Waals surface area (Å²) < 4.78 is 1.11. The second-order valence-electron chi connectivity index (χ2n) is 4.60. The lowest BCUT2D eigenvalue weighted by atomic mass is 9.93. The van der Waals surface area contributed by atoms with Gasteiger partial charge in [-0.2, -0.15) is 0 Å². The van der Waals surface area contributed by atoms with Gasteiger partial charge >= 0.3 is 0 Å². The summed E-state index contributed by atoms with van der Waals surface area (Å²) >= 11 is 9.58. The first-order valence-electron chi connectivity index (χ1n) is 6.06. The van der Waals surface area contributed by atoms with E-state index in [9.17, 15) is 0 Å². The minimum atomic E-state index is 0.376. The summed E-state index contributed by atoms with van der Waals surface area (Å²) in [6, 6.07) is 17.1. The third kappa shape index (κ3) is 3.60. The molecule has 2 heteroatoms. The number of alkyl halides is 1. The molecule has 0 aliphatic heterocycles. The molecule has 18 heavy (non-hydrogen) atoms. The molecule has 0 saturated heterocycles. The monoisotopic (exact) mass is 322 g/mol. The highest BCUT2D eigenvalue weighted by Gasteiger charge is 2.11. The van der Waals surface area contributed by atoms with Crippen molar-refractivity contribution in [2.45, 2.75) is 19.3 Å². The summed E-state index contributed by atoms with van der Waals surface area (Å²) in [7, 11) is 0. The van der Waals surface area contributed by atoms with Crippen LogP contribution in [-0.4, -0.2) is 5.88 Å². The number of aryl methyl sites for hydroxylation is 1. The maximum absolute atomic E-state index is 6.12. The summed E-state index contributed by atoms with van der Waals surface area (Å²) in [6.07, 6.45) is 0.993. The van der Waals surface area contributed by atoms with Crippen molar-refractivity contribution in [2.75, 3.05) is 5.88 Å². The van der Waals surface area contributed by atoms with Crippen LogP contribution in [0.25, 0.3) is 0 Å². The van der Waals surface area contributed by atoms with Crippen molar-refractivity contribution in [3.63, 3.8) is 0 Å². The van der Waals surface area contributed by atoms with E-state index in [0.717, 1.165) is 10.9 Å². The average molecular weight is 324 g/mol. The molecule has 0 saturated carbocycles. The topological polar surface area (TPSA) is 0 Å². The van der Waals surface area contributed by atoms with Crippen molar-refractivity contribution < 1.29 is 0 Å². The Labute approximate surface area is 122 Å². The SMILES string of the molecule is Cc1cccc(CC(CCl)c2ccc(Br)cc2)c1. The molecule has 94 valence electrons. The van der Waals surface area contributed by atoms with E-state index in [0.29, 0.717) is 11.8 Å². The number of benzene rings is 2. The molecule has 2 aromatic carbocycles. The van der Waals surface area contributed by atoms with Gasteiger partial charge in [0, 0.05) is 16.3 Å². The van der Waals surface area contributed by atoms with E-state index in [-0.39, 0.29) is 0 Å². The van der Waals surface area contributed by atoms with Gasteiger partial charge in [-0.1, -0.05) is 57.9 Å². The third-order valence-corrected chi connectivity index (χ3v) is 3.99. The minimum absolute atomic E-state index is 0.376. The summed E-state index contributed by atoms with van der Waals surface area (Å²) in [6.45, 7) is 2.12. The van der Waals surface area contributed by atoms with Gasteiger partial charge in [-0.15, -0.1) is 11.6 Å². The molecule has 0 radical (unpaired) electrons.